The van der Waals surface area contributed by atoms with E-state index < -0.39 is 0 Å². The molecular weight excluding hydrogens is 230 g/mol. The summed E-state index contributed by atoms with van der Waals surface area (Å²) in [5, 5.41) is 9.98. The van der Waals surface area contributed by atoms with Gasteiger partial charge < -0.3 is 9.80 Å². The summed E-state index contributed by atoms with van der Waals surface area (Å²) in [6, 6.07) is 7.86. The van der Waals surface area contributed by atoms with Gasteiger partial charge in [-0.05, 0) is 12.1 Å². The van der Waals surface area contributed by atoms with Gasteiger partial charge in [-0.25, -0.2) is 0 Å². The van der Waals surface area contributed by atoms with Crippen LogP contribution < -0.4 is 9.80 Å². The Bertz CT molecular complexity index is 566. The molecule has 0 radical (unpaired) electrons. The Labute approximate surface area is 104 Å². The third kappa shape index (κ3) is 1.62. The molecule has 0 bridgehead atoms. The molecule has 1 aliphatic heterocycles. The number of nitrogens with one attached hydrogen (secondary N) is 1. The minimum Gasteiger partial charge on any atom is -0.371 e. The third-order valence-corrected chi connectivity index (χ3v) is 3.12. The number of carbonyl (C=O) groups excluding carboxylic acids is 1. The number of benzene rings is 1. The number of fused-ring (bicyclic) bond motifs is 1. The second-order valence-electron chi connectivity index (χ2n) is 4.22. The number of nitrogens with zero attached hydrogens (tertiary/aromatic N) is 4. The first-order valence-corrected chi connectivity index (χ1v) is 5.75. The highest BCUT2D eigenvalue weighted by molar-refractivity contribution is 6.07. The molecule has 2 heterocycles. The van der Waals surface area contributed by atoms with Crippen molar-refractivity contribution in [3.63, 3.8) is 0 Å². The lowest BCUT2D eigenvalue weighted by molar-refractivity contribution is 0.0982. The number of aromatic nitrogens is 3. The Morgan fingerprint density at radius 1 is 1.28 bits per heavy atom. The van der Waals surface area contributed by atoms with E-state index in [1.54, 1.807) is 4.90 Å². The molecule has 1 N–H and O–H groups in total. The number of hydrogen-bond acceptors (Lipinski definition) is 4. The Kier molecular flexibility index (Phi) is 2.47. The Balaban J connectivity index is 2.00. The van der Waals surface area contributed by atoms with E-state index >= 15 is 0 Å². The second kappa shape index (κ2) is 4.14. The number of hydrogen-bond donors (Lipinski definition) is 1. The number of rotatable bonds is 1. The molecule has 0 aliphatic carbocycles. The molecule has 1 aromatic carbocycles. The maximum Gasteiger partial charge on any atom is 0.280 e. The summed E-state index contributed by atoms with van der Waals surface area (Å²) >= 11 is 0. The molecule has 0 unspecified atom stereocenters. The molecule has 6 nitrogen and oxygen atoms in total. The van der Waals surface area contributed by atoms with Crippen molar-refractivity contribution in [2.45, 2.75) is 0 Å². The van der Waals surface area contributed by atoms with Crippen LogP contribution in [0.25, 0.3) is 0 Å². The largest absolute Gasteiger partial charge is 0.371 e. The summed E-state index contributed by atoms with van der Waals surface area (Å²) < 4.78 is 0. The maximum absolute atomic E-state index is 12.3. The van der Waals surface area contributed by atoms with Crippen LogP contribution >= 0.6 is 0 Å². The van der Waals surface area contributed by atoms with Crippen molar-refractivity contribution in [3.8, 4) is 0 Å². The zero-order valence-electron chi connectivity index (χ0n) is 10.00. The first-order chi connectivity index (χ1) is 8.77. The Morgan fingerprint density at radius 2 is 2.06 bits per heavy atom. The number of anilines is 2. The van der Waals surface area contributed by atoms with Crippen LogP contribution in [0, 0.1) is 0 Å². The number of aromatic amines is 1. The predicted octanol–water partition coefficient (Wildman–Crippen LogP) is 0.901. The Morgan fingerprint density at radius 3 is 2.78 bits per heavy atom. The molecular formula is C12H13N5O. The van der Waals surface area contributed by atoms with Crippen LogP contribution in [0.2, 0.25) is 0 Å². The number of H-pyrrole nitrogens is 1. The molecule has 92 valence electrons. The molecule has 1 amide bonds. The lowest BCUT2D eigenvalue weighted by Gasteiger charge is -2.35. The quantitative estimate of drug-likeness (QED) is 0.808. The lowest BCUT2D eigenvalue weighted by Crippen LogP contribution is -2.42. The zero-order valence-corrected chi connectivity index (χ0v) is 10.00. The monoisotopic (exact) mass is 243 g/mol. The molecule has 2 aromatic rings. The number of likely N-dealkylation sites (N-methyl/N-ethyl adjacent to an activating group) is 1. The number of carbonyl (C=O) groups is 1. The van der Waals surface area contributed by atoms with E-state index in [1.165, 1.54) is 6.20 Å². The molecule has 1 aliphatic rings. The van der Waals surface area contributed by atoms with Crippen molar-refractivity contribution in [2.75, 3.05) is 29.9 Å². The first-order valence-electron chi connectivity index (χ1n) is 5.75. The van der Waals surface area contributed by atoms with Crippen LogP contribution in [0.15, 0.2) is 30.5 Å². The number of amides is 1. The fourth-order valence-electron chi connectivity index (χ4n) is 2.16. The average molecular weight is 243 g/mol. The zero-order chi connectivity index (χ0) is 12.5. The molecule has 3 rings (SSSR count). The molecule has 0 spiro atoms. The third-order valence-electron chi connectivity index (χ3n) is 3.12. The van der Waals surface area contributed by atoms with E-state index in [0.29, 0.717) is 12.2 Å². The van der Waals surface area contributed by atoms with Crippen molar-refractivity contribution >= 4 is 17.3 Å². The molecule has 18 heavy (non-hydrogen) atoms. The van der Waals surface area contributed by atoms with Crippen LogP contribution in [0.3, 0.4) is 0 Å². The van der Waals surface area contributed by atoms with E-state index in [4.69, 9.17) is 0 Å². The van der Waals surface area contributed by atoms with Gasteiger partial charge >= 0.3 is 0 Å². The van der Waals surface area contributed by atoms with Gasteiger partial charge in [0.2, 0.25) is 0 Å². The second-order valence-corrected chi connectivity index (χ2v) is 4.22. The highest BCUT2D eigenvalue weighted by Gasteiger charge is 2.26. The van der Waals surface area contributed by atoms with E-state index in [9.17, 15) is 4.79 Å². The summed E-state index contributed by atoms with van der Waals surface area (Å²) in [4.78, 5) is 16.2. The van der Waals surface area contributed by atoms with Gasteiger partial charge in [-0.15, -0.1) is 0 Å². The Hall–Kier alpha value is -2.37. The van der Waals surface area contributed by atoms with Gasteiger partial charge in [-0.3, -0.25) is 4.79 Å². The van der Waals surface area contributed by atoms with Crippen LogP contribution in [0.1, 0.15) is 10.5 Å². The normalized spacial score (nSPS) is 14.5. The fourth-order valence-corrected chi connectivity index (χ4v) is 2.16. The lowest BCUT2D eigenvalue weighted by atomic mass is 10.1. The van der Waals surface area contributed by atoms with Crippen molar-refractivity contribution in [2.24, 2.45) is 0 Å². The molecule has 0 fully saturated rings. The summed E-state index contributed by atoms with van der Waals surface area (Å²) in [7, 11) is 2.02. The molecule has 0 atom stereocenters. The summed E-state index contributed by atoms with van der Waals surface area (Å²) in [5.41, 5.74) is 2.31. The SMILES string of the molecule is CN1CCN(C(=O)c2cn[nH]n2)c2ccccc21. The van der Waals surface area contributed by atoms with Crippen LogP contribution in [-0.4, -0.2) is 41.5 Å². The molecule has 0 saturated carbocycles. The van der Waals surface area contributed by atoms with Crippen molar-refractivity contribution in [3.05, 3.63) is 36.2 Å². The smallest absolute Gasteiger partial charge is 0.280 e. The first kappa shape index (κ1) is 10.8. The van der Waals surface area contributed by atoms with Crippen molar-refractivity contribution < 1.29 is 4.79 Å². The van der Waals surface area contributed by atoms with E-state index in [0.717, 1.165) is 17.9 Å². The standard InChI is InChI=1S/C12H13N5O/c1-16-6-7-17(11-5-3-2-4-10(11)16)12(18)9-8-13-15-14-9/h2-5,8H,6-7H2,1H3,(H,13,14,15). The van der Waals surface area contributed by atoms with Crippen LogP contribution in [0.5, 0.6) is 0 Å². The van der Waals surface area contributed by atoms with Gasteiger partial charge in [-0.1, -0.05) is 12.1 Å². The highest BCUT2D eigenvalue weighted by atomic mass is 16.2. The van der Waals surface area contributed by atoms with Crippen molar-refractivity contribution in [1.29, 1.82) is 0 Å². The maximum atomic E-state index is 12.3. The minimum atomic E-state index is -0.121. The van der Waals surface area contributed by atoms with Crippen molar-refractivity contribution in [1.82, 2.24) is 15.4 Å². The molecule has 1 aromatic heterocycles. The van der Waals surface area contributed by atoms with E-state index in [2.05, 4.69) is 20.3 Å². The van der Waals surface area contributed by atoms with Gasteiger partial charge in [0.15, 0.2) is 5.69 Å². The van der Waals surface area contributed by atoms with Crippen LogP contribution in [0.4, 0.5) is 11.4 Å². The molecule has 6 heteroatoms. The van der Waals surface area contributed by atoms with Gasteiger partial charge in [0, 0.05) is 20.1 Å². The van der Waals surface area contributed by atoms with Gasteiger partial charge in [-0.2, -0.15) is 15.4 Å². The summed E-state index contributed by atoms with van der Waals surface area (Å²) in [6.45, 7) is 1.46. The fraction of sp³-hybridized carbons (Fsp3) is 0.250. The van der Waals surface area contributed by atoms with E-state index in [1.807, 2.05) is 31.3 Å². The molecule has 0 saturated heterocycles. The summed E-state index contributed by atoms with van der Waals surface area (Å²) in [6.07, 6.45) is 1.45. The van der Waals surface area contributed by atoms with E-state index in [-0.39, 0.29) is 5.91 Å². The van der Waals surface area contributed by atoms with Gasteiger partial charge in [0.25, 0.3) is 5.91 Å². The van der Waals surface area contributed by atoms with Gasteiger partial charge in [0.05, 0.1) is 17.6 Å². The minimum absolute atomic E-state index is 0.121. The number of para-hydroxylation sites is 2. The highest BCUT2D eigenvalue weighted by Crippen LogP contribution is 2.32. The topological polar surface area (TPSA) is 65.1 Å². The van der Waals surface area contributed by atoms with Crippen LogP contribution in [-0.2, 0) is 0 Å². The predicted molar refractivity (Wildman–Crippen MR) is 67.8 cm³/mol. The van der Waals surface area contributed by atoms with Gasteiger partial charge in [0.1, 0.15) is 0 Å². The summed E-state index contributed by atoms with van der Waals surface area (Å²) in [5.74, 6) is -0.121. The average Bonchev–Trinajstić information content (AvgIpc) is 2.93.